The Labute approximate surface area is 161 Å². The molecule has 6 nitrogen and oxygen atoms in total. The SMILES string of the molecule is O=C(Nc1ccc2c(c1)CN(S(=O)(=O)c1ccc(F)cc1)CC2)c1ccco1. The molecule has 0 fully saturated rings. The quantitative estimate of drug-likeness (QED) is 0.728. The van der Waals surface area contributed by atoms with Gasteiger partial charge in [-0.3, -0.25) is 4.79 Å². The van der Waals surface area contributed by atoms with Crippen LogP contribution in [0.3, 0.4) is 0 Å². The van der Waals surface area contributed by atoms with Crippen molar-refractivity contribution in [3.8, 4) is 0 Å². The standard InChI is InChI=1S/C20H17FN2O4S/c21-16-4-7-18(8-5-16)28(25,26)23-10-9-14-3-6-17(12-15(14)13-23)22-20(24)19-2-1-11-27-19/h1-8,11-12H,9-10,13H2,(H,22,24). The fourth-order valence-corrected chi connectivity index (χ4v) is 4.59. The van der Waals surface area contributed by atoms with E-state index in [0.29, 0.717) is 18.7 Å². The van der Waals surface area contributed by atoms with Crippen LogP contribution in [0.25, 0.3) is 0 Å². The van der Waals surface area contributed by atoms with Crippen LogP contribution in [-0.4, -0.2) is 25.2 Å². The minimum atomic E-state index is -3.73. The molecule has 0 unspecified atom stereocenters. The third kappa shape index (κ3) is 3.56. The lowest BCUT2D eigenvalue weighted by Gasteiger charge is -2.28. The molecule has 144 valence electrons. The number of nitrogens with one attached hydrogen (secondary N) is 1. The van der Waals surface area contributed by atoms with Gasteiger partial charge in [-0.2, -0.15) is 4.31 Å². The van der Waals surface area contributed by atoms with E-state index in [9.17, 15) is 17.6 Å². The van der Waals surface area contributed by atoms with E-state index in [1.807, 2.05) is 6.07 Å². The molecule has 2 aromatic carbocycles. The van der Waals surface area contributed by atoms with Crippen LogP contribution in [0.15, 0.2) is 70.2 Å². The van der Waals surface area contributed by atoms with Gasteiger partial charge in [0, 0.05) is 18.8 Å². The van der Waals surface area contributed by atoms with E-state index < -0.39 is 15.8 Å². The maximum absolute atomic E-state index is 13.1. The van der Waals surface area contributed by atoms with Gasteiger partial charge in [-0.15, -0.1) is 0 Å². The maximum Gasteiger partial charge on any atom is 0.291 e. The van der Waals surface area contributed by atoms with Gasteiger partial charge in [0.2, 0.25) is 10.0 Å². The predicted molar refractivity (Wildman–Crippen MR) is 101 cm³/mol. The number of sulfonamides is 1. The molecule has 1 N–H and O–H groups in total. The average Bonchev–Trinajstić information content (AvgIpc) is 3.23. The summed E-state index contributed by atoms with van der Waals surface area (Å²) in [5.74, 6) is -0.672. The summed E-state index contributed by atoms with van der Waals surface area (Å²) < 4.78 is 45.2. The van der Waals surface area contributed by atoms with E-state index in [1.54, 1.807) is 24.3 Å². The monoisotopic (exact) mass is 400 g/mol. The lowest BCUT2D eigenvalue weighted by molar-refractivity contribution is 0.0996. The molecule has 4 rings (SSSR count). The van der Waals surface area contributed by atoms with Crippen LogP contribution in [0.2, 0.25) is 0 Å². The normalized spacial score (nSPS) is 14.5. The zero-order valence-electron chi connectivity index (χ0n) is 14.8. The molecule has 0 atom stereocenters. The van der Waals surface area contributed by atoms with Gasteiger partial charge in [-0.1, -0.05) is 6.07 Å². The third-order valence-corrected chi connectivity index (χ3v) is 6.50. The molecule has 0 radical (unpaired) electrons. The zero-order valence-corrected chi connectivity index (χ0v) is 15.6. The fourth-order valence-electron chi connectivity index (χ4n) is 3.17. The van der Waals surface area contributed by atoms with Crippen molar-refractivity contribution in [1.82, 2.24) is 4.31 Å². The van der Waals surface area contributed by atoms with Crippen LogP contribution in [-0.2, 0) is 23.0 Å². The number of carbonyl (C=O) groups excluding carboxylic acids is 1. The Hall–Kier alpha value is -2.97. The average molecular weight is 400 g/mol. The van der Waals surface area contributed by atoms with Crippen molar-refractivity contribution in [2.24, 2.45) is 0 Å². The Morgan fingerprint density at radius 1 is 1.07 bits per heavy atom. The second kappa shape index (κ2) is 7.21. The van der Waals surface area contributed by atoms with E-state index in [1.165, 1.54) is 22.7 Å². The van der Waals surface area contributed by atoms with E-state index in [0.717, 1.165) is 23.3 Å². The second-order valence-corrected chi connectivity index (χ2v) is 8.40. The number of rotatable bonds is 4. The van der Waals surface area contributed by atoms with E-state index in [2.05, 4.69) is 5.32 Å². The molecule has 1 amide bonds. The van der Waals surface area contributed by atoms with Crippen LogP contribution in [0, 0.1) is 5.82 Å². The van der Waals surface area contributed by atoms with Crippen molar-refractivity contribution < 1.29 is 22.0 Å². The number of furan rings is 1. The zero-order chi connectivity index (χ0) is 19.7. The Morgan fingerprint density at radius 2 is 1.86 bits per heavy atom. The van der Waals surface area contributed by atoms with Crippen molar-refractivity contribution in [1.29, 1.82) is 0 Å². The number of hydrogen-bond donors (Lipinski definition) is 1. The van der Waals surface area contributed by atoms with Crippen LogP contribution in [0.4, 0.5) is 10.1 Å². The third-order valence-electron chi connectivity index (χ3n) is 4.64. The predicted octanol–water partition coefficient (Wildman–Crippen LogP) is 3.42. The topological polar surface area (TPSA) is 79.6 Å². The first kappa shape index (κ1) is 18.4. The molecule has 0 bridgehead atoms. The van der Waals surface area contributed by atoms with E-state index in [-0.39, 0.29) is 23.1 Å². The number of carbonyl (C=O) groups is 1. The summed E-state index contributed by atoms with van der Waals surface area (Å²) in [6.07, 6.45) is 1.97. The summed E-state index contributed by atoms with van der Waals surface area (Å²) in [6, 6.07) is 13.4. The Bertz CT molecular complexity index is 1110. The Kier molecular flexibility index (Phi) is 4.74. The fraction of sp³-hybridized carbons (Fsp3) is 0.150. The van der Waals surface area contributed by atoms with Gasteiger partial charge >= 0.3 is 0 Å². The van der Waals surface area contributed by atoms with Gasteiger partial charge in [0.1, 0.15) is 5.82 Å². The van der Waals surface area contributed by atoms with E-state index in [4.69, 9.17) is 4.42 Å². The van der Waals surface area contributed by atoms with Crippen molar-refractivity contribution >= 4 is 21.6 Å². The first-order valence-corrected chi connectivity index (χ1v) is 10.1. The van der Waals surface area contributed by atoms with Crippen LogP contribution >= 0.6 is 0 Å². The minimum absolute atomic E-state index is 0.0552. The van der Waals surface area contributed by atoms with Crippen LogP contribution < -0.4 is 5.32 Å². The molecule has 3 aromatic rings. The van der Waals surface area contributed by atoms with Gasteiger partial charge in [0.15, 0.2) is 5.76 Å². The first-order chi connectivity index (χ1) is 13.4. The van der Waals surface area contributed by atoms with Crippen LogP contribution in [0.1, 0.15) is 21.7 Å². The van der Waals surface area contributed by atoms with Crippen molar-refractivity contribution in [2.45, 2.75) is 17.9 Å². The second-order valence-electron chi connectivity index (χ2n) is 6.46. The highest BCUT2D eigenvalue weighted by atomic mass is 32.2. The van der Waals surface area contributed by atoms with Gasteiger partial charge in [0.25, 0.3) is 5.91 Å². The summed E-state index contributed by atoms with van der Waals surface area (Å²) in [5, 5.41) is 2.74. The highest BCUT2D eigenvalue weighted by Crippen LogP contribution is 2.27. The largest absolute Gasteiger partial charge is 0.459 e. The lowest BCUT2D eigenvalue weighted by atomic mass is 10.0. The van der Waals surface area contributed by atoms with Gasteiger partial charge < -0.3 is 9.73 Å². The number of halogens is 1. The number of nitrogens with zero attached hydrogens (tertiary/aromatic N) is 1. The molecule has 0 aliphatic carbocycles. The van der Waals surface area contributed by atoms with Gasteiger partial charge in [-0.25, -0.2) is 12.8 Å². The summed E-state index contributed by atoms with van der Waals surface area (Å²) in [7, 11) is -3.73. The Balaban J connectivity index is 1.56. The highest BCUT2D eigenvalue weighted by molar-refractivity contribution is 7.89. The van der Waals surface area contributed by atoms with Crippen molar-refractivity contribution in [2.75, 3.05) is 11.9 Å². The molecule has 1 aliphatic rings. The lowest BCUT2D eigenvalue weighted by Crippen LogP contribution is -2.36. The Morgan fingerprint density at radius 3 is 2.57 bits per heavy atom. The highest BCUT2D eigenvalue weighted by Gasteiger charge is 2.28. The molecule has 1 aliphatic heterocycles. The molecule has 0 saturated heterocycles. The minimum Gasteiger partial charge on any atom is -0.459 e. The number of fused-ring (bicyclic) bond motifs is 1. The summed E-state index contributed by atoms with van der Waals surface area (Å²) in [4.78, 5) is 12.2. The molecule has 0 spiro atoms. The van der Waals surface area contributed by atoms with Crippen molar-refractivity contribution in [3.63, 3.8) is 0 Å². The molecular weight excluding hydrogens is 383 g/mol. The molecular formula is C20H17FN2O4S. The molecule has 28 heavy (non-hydrogen) atoms. The maximum atomic E-state index is 13.1. The van der Waals surface area contributed by atoms with Crippen LogP contribution in [0.5, 0.6) is 0 Å². The molecule has 2 heterocycles. The number of anilines is 1. The number of hydrogen-bond acceptors (Lipinski definition) is 4. The smallest absolute Gasteiger partial charge is 0.291 e. The first-order valence-electron chi connectivity index (χ1n) is 8.66. The summed E-state index contributed by atoms with van der Waals surface area (Å²) >= 11 is 0. The van der Waals surface area contributed by atoms with E-state index >= 15 is 0 Å². The molecule has 1 aromatic heterocycles. The van der Waals surface area contributed by atoms with Gasteiger partial charge in [-0.05, 0) is 66.1 Å². The summed E-state index contributed by atoms with van der Waals surface area (Å²) in [6.45, 7) is 0.518. The number of amides is 1. The molecule has 8 heteroatoms. The molecule has 0 saturated carbocycles. The van der Waals surface area contributed by atoms with Gasteiger partial charge in [0.05, 0.1) is 11.2 Å². The summed E-state index contributed by atoms with van der Waals surface area (Å²) in [5.41, 5.74) is 2.40. The number of benzene rings is 2. The van der Waals surface area contributed by atoms with Crippen molar-refractivity contribution in [3.05, 3.63) is 83.6 Å².